The number of furan rings is 1. The molecule has 1 aromatic heterocycles. The second-order valence-corrected chi connectivity index (χ2v) is 20.6. The summed E-state index contributed by atoms with van der Waals surface area (Å²) in [6.07, 6.45) is 0. The van der Waals surface area contributed by atoms with Gasteiger partial charge in [-0.15, -0.1) is 0 Å². The second-order valence-electron chi connectivity index (χ2n) is 20.6. The summed E-state index contributed by atoms with van der Waals surface area (Å²) < 4.78 is 6.71. The van der Waals surface area contributed by atoms with Gasteiger partial charge in [0.1, 0.15) is 11.2 Å². The predicted octanol–water partition coefficient (Wildman–Crippen LogP) is 19.1. The molecule has 3 aliphatic carbocycles. The molecule has 2 nitrogen and oxygen atoms in total. The highest BCUT2D eigenvalue weighted by atomic mass is 16.3. The zero-order valence-electron chi connectivity index (χ0n) is 41.5. The highest BCUT2D eigenvalue weighted by Crippen LogP contribution is 2.65. The number of fused-ring (bicyclic) bond motifs is 16. The maximum atomic E-state index is 6.71. The van der Waals surface area contributed by atoms with Crippen molar-refractivity contribution in [1.29, 1.82) is 0 Å². The van der Waals surface area contributed by atoms with Gasteiger partial charge in [0.05, 0.1) is 16.5 Å². The van der Waals surface area contributed by atoms with E-state index in [0.29, 0.717) is 0 Å². The molecule has 0 fully saturated rings. The zero-order valence-corrected chi connectivity index (χ0v) is 41.5. The first-order valence-electron chi connectivity index (χ1n) is 26.4. The van der Waals surface area contributed by atoms with Crippen LogP contribution in [-0.2, 0) is 10.8 Å². The van der Waals surface area contributed by atoms with Crippen LogP contribution in [0.3, 0.4) is 0 Å². The fourth-order valence-electron chi connectivity index (χ4n) is 13.9. The summed E-state index contributed by atoms with van der Waals surface area (Å²) in [5.41, 5.74) is 26.4. The molecule has 12 aromatic carbocycles. The van der Waals surface area contributed by atoms with E-state index in [4.69, 9.17) is 4.42 Å². The van der Waals surface area contributed by atoms with Gasteiger partial charge in [0.2, 0.25) is 0 Å². The van der Waals surface area contributed by atoms with E-state index in [1.54, 1.807) is 0 Å². The molecule has 0 atom stereocenters. The van der Waals surface area contributed by atoms with Crippen molar-refractivity contribution >= 4 is 39.0 Å². The molecule has 0 N–H and O–H groups in total. The molecule has 1 spiro atoms. The van der Waals surface area contributed by atoms with Gasteiger partial charge in [-0.25, -0.2) is 0 Å². The Balaban J connectivity index is 0.952. The molecule has 0 saturated carbocycles. The second kappa shape index (κ2) is 16.4. The first-order chi connectivity index (χ1) is 37.7. The lowest BCUT2D eigenvalue weighted by molar-refractivity contribution is 0.669. The lowest BCUT2D eigenvalue weighted by atomic mass is 9.67. The number of hydrogen-bond acceptors (Lipinski definition) is 2. The van der Waals surface area contributed by atoms with Crippen LogP contribution >= 0.6 is 0 Å². The highest BCUT2D eigenvalue weighted by Gasteiger charge is 2.53. The molecule has 0 amide bonds. The van der Waals surface area contributed by atoms with E-state index >= 15 is 0 Å². The molecular formula is C74H47NO. The third-order valence-electron chi connectivity index (χ3n) is 17.0. The Hall–Kier alpha value is -9.76. The molecule has 13 aromatic rings. The van der Waals surface area contributed by atoms with Gasteiger partial charge < -0.3 is 9.32 Å². The van der Waals surface area contributed by atoms with Crippen LogP contribution in [-0.4, -0.2) is 0 Å². The smallest absolute Gasteiger partial charge is 0.137 e. The van der Waals surface area contributed by atoms with E-state index in [1.807, 2.05) is 0 Å². The van der Waals surface area contributed by atoms with Gasteiger partial charge in [0, 0.05) is 33.8 Å². The normalized spacial score (nSPS) is 13.7. The molecule has 76 heavy (non-hydrogen) atoms. The topological polar surface area (TPSA) is 16.4 Å². The van der Waals surface area contributed by atoms with Crippen molar-refractivity contribution in [2.45, 2.75) is 10.8 Å². The summed E-state index contributed by atoms with van der Waals surface area (Å²) in [6.45, 7) is 0. The summed E-state index contributed by atoms with van der Waals surface area (Å²) in [5.74, 6) is 0. The molecule has 0 unspecified atom stereocenters. The van der Waals surface area contributed by atoms with Gasteiger partial charge >= 0.3 is 0 Å². The Morgan fingerprint density at radius 3 is 1.32 bits per heavy atom. The number of anilines is 3. The summed E-state index contributed by atoms with van der Waals surface area (Å²) in [7, 11) is 0. The molecule has 3 aliphatic rings. The first-order valence-corrected chi connectivity index (χ1v) is 26.4. The molecule has 0 radical (unpaired) electrons. The zero-order chi connectivity index (χ0) is 50.0. The van der Waals surface area contributed by atoms with Crippen LogP contribution in [0.2, 0.25) is 0 Å². The molecule has 354 valence electrons. The molecular weight excluding hydrogens is 919 g/mol. The van der Waals surface area contributed by atoms with Crippen molar-refractivity contribution in [1.82, 2.24) is 0 Å². The van der Waals surface area contributed by atoms with Crippen LogP contribution in [0.4, 0.5) is 17.1 Å². The van der Waals surface area contributed by atoms with E-state index in [0.717, 1.165) is 39.0 Å². The van der Waals surface area contributed by atoms with Gasteiger partial charge in [-0.05, 0) is 131 Å². The molecule has 16 rings (SSSR count). The van der Waals surface area contributed by atoms with Crippen molar-refractivity contribution < 1.29 is 4.42 Å². The van der Waals surface area contributed by atoms with Crippen molar-refractivity contribution in [3.05, 3.63) is 330 Å². The van der Waals surface area contributed by atoms with Crippen LogP contribution in [0, 0.1) is 0 Å². The number of hydrogen-bond donors (Lipinski definition) is 0. The fraction of sp³-hybridized carbons (Fsp3) is 0.0270. The lowest BCUT2D eigenvalue weighted by Gasteiger charge is -2.35. The number of para-hydroxylation sites is 1. The molecule has 1 heterocycles. The maximum absolute atomic E-state index is 6.71. The predicted molar refractivity (Wildman–Crippen MR) is 313 cm³/mol. The van der Waals surface area contributed by atoms with Crippen molar-refractivity contribution in [2.75, 3.05) is 4.90 Å². The Kier molecular flexibility index (Phi) is 9.20. The fourth-order valence-corrected chi connectivity index (χ4v) is 13.9. The monoisotopic (exact) mass is 965 g/mol. The third kappa shape index (κ3) is 5.87. The standard InChI is InChI=1S/C74H47NO/c1-3-18-48(19-4-1)50-34-38-52(39-35-50)73(53-40-36-51(37-41-53)49-20-5-2-6-21-49)63-27-12-9-24-58(63)62-46-54(43-45-67(62)73)75(55-42-44-60-59-25-11-16-33-70(59)76-71(60)47-55)69-32-17-31-68-72(69)61-26-10-15-30-66(61)74(68)64-28-13-7-22-56(64)57-23-8-14-29-65(57)74/h1-47H. The van der Waals surface area contributed by atoms with Gasteiger partial charge in [-0.3, -0.25) is 0 Å². The van der Waals surface area contributed by atoms with Crippen LogP contribution in [0.1, 0.15) is 44.5 Å². The number of rotatable bonds is 7. The first kappa shape index (κ1) is 42.7. The average Bonchev–Trinajstić information content (AvgIpc) is 4.29. The minimum atomic E-state index is -0.616. The summed E-state index contributed by atoms with van der Waals surface area (Å²) in [6, 6.07) is 106. The summed E-state index contributed by atoms with van der Waals surface area (Å²) in [5, 5.41) is 2.22. The molecule has 0 saturated heterocycles. The van der Waals surface area contributed by atoms with Gasteiger partial charge in [0.25, 0.3) is 0 Å². The number of nitrogens with zero attached hydrogens (tertiary/aromatic N) is 1. The maximum Gasteiger partial charge on any atom is 0.137 e. The SMILES string of the molecule is c1ccc(-c2ccc(C3(c4ccc(-c5ccccc5)cc4)c4ccccc4-c4cc(N(c5ccc6c(c5)oc5ccccc56)c5cccc6c5-c5ccccc5C65c6ccccc6-c6ccccc65)ccc43)cc2)cc1. The van der Waals surface area contributed by atoms with Crippen molar-refractivity contribution in [3.8, 4) is 55.6 Å². The average molecular weight is 966 g/mol. The minimum absolute atomic E-state index is 0.494. The van der Waals surface area contributed by atoms with Crippen LogP contribution < -0.4 is 4.90 Å². The van der Waals surface area contributed by atoms with Gasteiger partial charge in [0.15, 0.2) is 0 Å². The van der Waals surface area contributed by atoms with Crippen LogP contribution in [0.25, 0.3) is 77.6 Å². The molecule has 0 aliphatic heterocycles. The Labute approximate surface area is 442 Å². The van der Waals surface area contributed by atoms with E-state index in [9.17, 15) is 0 Å². The quantitative estimate of drug-likeness (QED) is 0.158. The van der Waals surface area contributed by atoms with Crippen molar-refractivity contribution in [2.24, 2.45) is 0 Å². The van der Waals surface area contributed by atoms with E-state index in [2.05, 4.69) is 290 Å². The largest absolute Gasteiger partial charge is 0.456 e. The van der Waals surface area contributed by atoms with Crippen molar-refractivity contribution in [3.63, 3.8) is 0 Å². The Morgan fingerprint density at radius 2 is 0.697 bits per heavy atom. The Bertz CT molecular complexity index is 4320. The molecule has 2 heteroatoms. The van der Waals surface area contributed by atoms with Crippen LogP contribution in [0.5, 0.6) is 0 Å². The summed E-state index contributed by atoms with van der Waals surface area (Å²) in [4.78, 5) is 2.50. The summed E-state index contributed by atoms with van der Waals surface area (Å²) >= 11 is 0. The van der Waals surface area contributed by atoms with E-state index in [-0.39, 0.29) is 0 Å². The van der Waals surface area contributed by atoms with Gasteiger partial charge in [-0.1, -0.05) is 243 Å². The highest BCUT2D eigenvalue weighted by molar-refractivity contribution is 6.07. The molecule has 0 bridgehead atoms. The van der Waals surface area contributed by atoms with E-state index in [1.165, 1.54) is 100 Å². The van der Waals surface area contributed by atoms with Crippen LogP contribution in [0.15, 0.2) is 290 Å². The Morgan fingerprint density at radius 1 is 0.263 bits per heavy atom. The minimum Gasteiger partial charge on any atom is -0.456 e. The van der Waals surface area contributed by atoms with E-state index < -0.39 is 10.8 Å². The number of benzene rings is 12. The third-order valence-corrected chi connectivity index (χ3v) is 17.0. The van der Waals surface area contributed by atoms with Gasteiger partial charge in [-0.2, -0.15) is 0 Å². The lowest BCUT2D eigenvalue weighted by Crippen LogP contribution is -2.28.